The van der Waals surface area contributed by atoms with Gasteiger partial charge in [-0.25, -0.2) is 0 Å². The monoisotopic (exact) mass is 331 g/mol. The first-order valence-electron chi connectivity index (χ1n) is 9.55. The molecular weight excluding hydrogens is 298 g/mol. The largest absolute Gasteiger partial charge is 0.375 e. The molecule has 0 N–H and O–H groups in total. The highest BCUT2D eigenvalue weighted by atomic mass is 16.5. The van der Waals surface area contributed by atoms with E-state index in [1.54, 1.807) is 0 Å². The highest BCUT2D eigenvalue weighted by Crippen LogP contribution is 2.31. The molecule has 1 aromatic carbocycles. The second-order valence-corrected chi connectivity index (χ2v) is 7.05. The van der Waals surface area contributed by atoms with Gasteiger partial charge in [-0.2, -0.15) is 0 Å². The van der Waals surface area contributed by atoms with Gasteiger partial charge in [0.05, 0.1) is 5.60 Å². The number of Topliss-reactive ketones (excluding diaryl/α,β-unsaturated/α-hetero) is 1. The molecule has 0 amide bonds. The van der Waals surface area contributed by atoms with Crippen molar-refractivity contribution in [2.75, 3.05) is 26.2 Å². The van der Waals surface area contributed by atoms with Crippen LogP contribution < -0.4 is 0 Å². The molecule has 1 saturated heterocycles. The molecule has 24 heavy (non-hydrogen) atoms. The van der Waals surface area contributed by atoms with E-state index < -0.39 is 0 Å². The first-order chi connectivity index (χ1) is 11.6. The SMILES string of the molecule is CCCC1(OCC)CCN(CCCC(=O)c2ccccc2C)CC1. The smallest absolute Gasteiger partial charge is 0.163 e. The van der Waals surface area contributed by atoms with Crippen molar-refractivity contribution in [1.82, 2.24) is 4.90 Å². The van der Waals surface area contributed by atoms with E-state index in [1.807, 2.05) is 31.2 Å². The van der Waals surface area contributed by atoms with Crippen molar-refractivity contribution in [3.63, 3.8) is 0 Å². The molecule has 0 aliphatic carbocycles. The molecule has 0 spiro atoms. The van der Waals surface area contributed by atoms with Gasteiger partial charge in [0.25, 0.3) is 0 Å². The van der Waals surface area contributed by atoms with Crippen LogP contribution in [0.1, 0.15) is 68.3 Å². The number of hydrogen-bond donors (Lipinski definition) is 0. The Morgan fingerprint density at radius 1 is 1.21 bits per heavy atom. The number of carbonyl (C=O) groups excluding carboxylic acids is 1. The van der Waals surface area contributed by atoms with E-state index >= 15 is 0 Å². The number of ether oxygens (including phenoxy) is 1. The maximum atomic E-state index is 12.3. The Bertz CT molecular complexity index is 510. The zero-order valence-electron chi connectivity index (χ0n) is 15.6. The third-order valence-corrected chi connectivity index (χ3v) is 5.25. The predicted molar refractivity (Wildman–Crippen MR) is 99.7 cm³/mol. The van der Waals surface area contributed by atoms with Gasteiger partial charge in [0.15, 0.2) is 5.78 Å². The summed E-state index contributed by atoms with van der Waals surface area (Å²) in [4.78, 5) is 14.8. The Labute approximate surface area is 147 Å². The number of aryl methyl sites for hydroxylation is 1. The van der Waals surface area contributed by atoms with Gasteiger partial charge in [-0.1, -0.05) is 37.6 Å². The molecule has 3 heteroatoms. The van der Waals surface area contributed by atoms with Gasteiger partial charge in [-0.15, -0.1) is 0 Å². The van der Waals surface area contributed by atoms with Crippen LogP contribution in [0.25, 0.3) is 0 Å². The normalized spacial score (nSPS) is 17.8. The summed E-state index contributed by atoms with van der Waals surface area (Å²) >= 11 is 0. The fourth-order valence-electron chi connectivity index (χ4n) is 3.90. The molecule has 1 fully saturated rings. The Morgan fingerprint density at radius 3 is 2.54 bits per heavy atom. The van der Waals surface area contributed by atoms with Crippen LogP contribution in [0.15, 0.2) is 24.3 Å². The number of carbonyl (C=O) groups is 1. The first-order valence-corrected chi connectivity index (χ1v) is 9.55. The summed E-state index contributed by atoms with van der Waals surface area (Å²) in [6.07, 6.45) is 6.20. The standard InChI is InChI=1S/C21H33NO2/c1-4-12-21(24-5-2)13-16-22(17-14-21)15-8-11-20(23)19-10-7-6-9-18(19)3/h6-7,9-10H,4-5,8,11-17H2,1-3H3. The highest BCUT2D eigenvalue weighted by molar-refractivity contribution is 5.97. The summed E-state index contributed by atoms with van der Waals surface area (Å²) in [6.45, 7) is 10.4. The number of piperidine rings is 1. The van der Waals surface area contributed by atoms with Gasteiger partial charge in [0, 0.05) is 31.7 Å². The fourth-order valence-corrected chi connectivity index (χ4v) is 3.90. The molecule has 0 aromatic heterocycles. The van der Waals surface area contributed by atoms with Gasteiger partial charge in [-0.3, -0.25) is 4.79 Å². The minimum absolute atomic E-state index is 0.108. The van der Waals surface area contributed by atoms with Gasteiger partial charge in [0.1, 0.15) is 0 Å². The van der Waals surface area contributed by atoms with Gasteiger partial charge in [0.2, 0.25) is 0 Å². The predicted octanol–water partition coefficient (Wildman–Crippen LogP) is 4.63. The van der Waals surface area contributed by atoms with Crippen LogP contribution in [0.2, 0.25) is 0 Å². The van der Waals surface area contributed by atoms with Crippen molar-refractivity contribution in [3.05, 3.63) is 35.4 Å². The molecule has 0 saturated carbocycles. The summed E-state index contributed by atoms with van der Waals surface area (Å²) in [5, 5.41) is 0. The average molecular weight is 332 g/mol. The topological polar surface area (TPSA) is 29.5 Å². The number of benzene rings is 1. The van der Waals surface area contributed by atoms with E-state index in [0.717, 1.165) is 56.6 Å². The van der Waals surface area contributed by atoms with Crippen LogP contribution >= 0.6 is 0 Å². The number of hydrogen-bond acceptors (Lipinski definition) is 3. The number of ketones is 1. The van der Waals surface area contributed by atoms with Crippen molar-refractivity contribution in [2.24, 2.45) is 0 Å². The lowest BCUT2D eigenvalue weighted by Gasteiger charge is -2.41. The van der Waals surface area contributed by atoms with E-state index in [9.17, 15) is 4.79 Å². The Balaban J connectivity index is 1.75. The van der Waals surface area contributed by atoms with E-state index in [1.165, 1.54) is 12.8 Å². The van der Waals surface area contributed by atoms with Crippen LogP contribution in [0.3, 0.4) is 0 Å². The van der Waals surface area contributed by atoms with Gasteiger partial charge in [-0.05, 0) is 51.6 Å². The van der Waals surface area contributed by atoms with Crippen LogP contribution in [0.5, 0.6) is 0 Å². The van der Waals surface area contributed by atoms with Crippen LogP contribution in [-0.2, 0) is 4.74 Å². The molecule has 0 unspecified atom stereocenters. The van der Waals surface area contributed by atoms with E-state index in [-0.39, 0.29) is 11.4 Å². The van der Waals surface area contributed by atoms with Gasteiger partial charge < -0.3 is 9.64 Å². The molecule has 1 aliphatic rings. The Kier molecular flexibility index (Phi) is 7.44. The molecule has 1 aromatic rings. The number of likely N-dealkylation sites (tertiary alicyclic amines) is 1. The third kappa shape index (κ3) is 5.15. The molecule has 3 nitrogen and oxygen atoms in total. The quantitative estimate of drug-likeness (QED) is 0.618. The summed E-state index contributed by atoms with van der Waals surface area (Å²) in [5.41, 5.74) is 2.08. The lowest BCUT2D eigenvalue weighted by atomic mass is 9.86. The summed E-state index contributed by atoms with van der Waals surface area (Å²) in [6, 6.07) is 7.89. The summed E-state index contributed by atoms with van der Waals surface area (Å²) < 4.78 is 6.09. The van der Waals surface area contributed by atoms with Crippen LogP contribution in [-0.4, -0.2) is 42.5 Å². The maximum Gasteiger partial charge on any atom is 0.163 e. The van der Waals surface area contributed by atoms with Crippen molar-refractivity contribution >= 4 is 5.78 Å². The molecule has 0 radical (unpaired) electrons. The second-order valence-electron chi connectivity index (χ2n) is 7.05. The molecule has 1 heterocycles. The molecular formula is C21H33NO2. The summed E-state index contributed by atoms with van der Waals surface area (Å²) in [5.74, 6) is 0.278. The van der Waals surface area contributed by atoms with Crippen LogP contribution in [0.4, 0.5) is 0 Å². The third-order valence-electron chi connectivity index (χ3n) is 5.25. The first kappa shape index (κ1) is 19.1. The molecule has 1 aliphatic heterocycles. The Morgan fingerprint density at radius 2 is 1.92 bits per heavy atom. The van der Waals surface area contributed by atoms with Gasteiger partial charge >= 0.3 is 0 Å². The minimum atomic E-state index is 0.108. The lowest BCUT2D eigenvalue weighted by molar-refractivity contribution is -0.0846. The average Bonchev–Trinajstić information content (AvgIpc) is 2.57. The number of nitrogens with zero attached hydrogens (tertiary/aromatic N) is 1. The lowest BCUT2D eigenvalue weighted by Crippen LogP contribution is -2.46. The van der Waals surface area contributed by atoms with Crippen molar-refractivity contribution in [2.45, 2.75) is 64.9 Å². The van der Waals surface area contributed by atoms with Crippen molar-refractivity contribution < 1.29 is 9.53 Å². The zero-order chi connectivity index (χ0) is 17.4. The fraction of sp³-hybridized carbons (Fsp3) is 0.667. The highest BCUT2D eigenvalue weighted by Gasteiger charge is 2.34. The van der Waals surface area contributed by atoms with E-state index in [4.69, 9.17) is 4.74 Å². The maximum absolute atomic E-state index is 12.3. The Hall–Kier alpha value is -1.19. The van der Waals surface area contributed by atoms with Crippen molar-refractivity contribution in [1.29, 1.82) is 0 Å². The summed E-state index contributed by atoms with van der Waals surface area (Å²) in [7, 11) is 0. The molecule has 0 atom stereocenters. The molecule has 134 valence electrons. The molecule has 0 bridgehead atoms. The van der Waals surface area contributed by atoms with E-state index in [2.05, 4.69) is 18.7 Å². The zero-order valence-corrected chi connectivity index (χ0v) is 15.6. The second kappa shape index (κ2) is 9.33. The minimum Gasteiger partial charge on any atom is -0.375 e. The van der Waals surface area contributed by atoms with Crippen molar-refractivity contribution in [3.8, 4) is 0 Å². The molecule has 2 rings (SSSR count). The number of rotatable bonds is 9. The van der Waals surface area contributed by atoms with Crippen LogP contribution in [0, 0.1) is 6.92 Å². The van der Waals surface area contributed by atoms with E-state index in [0.29, 0.717) is 6.42 Å².